The molecule has 1 fully saturated rings. The summed E-state index contributed by atoms with van der Waals surface area (Å²) in [5, 5.41) is 8.91. The highest BCUT2D eigenvalue weighted by Crippen LogP contribution is 2.14. The highest BCUT2D eigenvalue weighted by Gasteiger charge is 2.20. The zero-order chi connectivity index (χ0) is 26.3. The number of unbranched alkanes of at least 4 members (excludes halogenated alkanes) is 15. The first-order valence-corrected chi connectivity index (χ1v) is 14.9. The van der Waals surface area contributed by atoms with Crippen LogP contribution in [0.4, 0.5) is 0 Å². The lowest BCUT2D eigenvalue weighted by Crippen LogP contribution is -2.42. The number of carbonyl (C=O) groups excluding carboxylic acids is 2. The summed E-state index contributed by atoms with van der Waals surface area (Å²) in [7, 11) is 0. The van der Waals surface area contributed by atoms with Gasteiger partial charge in [0.2, 0.25) is 11.8 Å². The second-order valence-corrected chi connectivity index (χ2v) is 10.3. The Morgan fingerprint density at radius 2 is 1.14 bits per heavy atom. The fraction of sp³-hybridized carbons (Fsp3) is 0.897. The third-order valence-corrected chi connectivity index (χ3v) is 7.15. The molecule has 0 radical (unpaired) electrons. The van der Waals surface area contributed by atoms with Gasteiger partial charge in [0.05, 0.1) is 19.6 Å². The van der Waals surface area contributed by atoms with Crippen LogP contribution in [0.3, 0.4) is 0 Å². The second kappa shape index (κ2) is 22.6. The van der Waals surface area contributed by atoms with E-state index in [-0.39, 0.29) is 31.1 Å². The maximum atomic E-state index is 12.5. The van der Waals surface area contributed by atoms with Crippen molar-refractivity contribution >= 4 is 17.8 Å². The molecule has 0 aromatic carbocycles. The van der Waals surface area contributed by atoms with Gasteiger partial charge in [-0.25, -0.2) is 0 Å². The van der Waals surface area contributed by atoms with Crippen molar-refractivity contribution in [1.29, 1.82) is 0 Å². The minimum atomic E-state index is -0.963. The van der Waals surface area contributed by atoms with Gasteiger partial charge in [-0.1, -0.05) is 103 Å². The lowest BCUT2D eigenvalue weighted by atomic mass is 10.0. The first-order valence-electron chi connectivity index (χ1n) is 14.9. The van der Waals surface area contributed by atoms with E-state index in [0.717, 1.165) is 12.8 Å². The maximum absolute atomic E-state index is 12.5. The zero-order valence-corrected chi connectivity index (χ0v) is 23.2. The molecule has 1 saturated heterocycles. The van der Waals surface area contributed by atoms with Crippen LogP contribution in [0, 0.1) is 0 Å². The van der Waals surface area contributed by atoms with E-state index in [9.17, 15) is 14.4 Å². The van der Waals surface area contributed by atoms with Crippen molar-refractivity contribution in [1.82, 2.24) is 9.80 Å². The van der Waals surface area contributed by atoms with Gasteiger partial charge < -0.3 is 19.6 Å². The average Bonchev–Trinajstić information content (AvgIpc) is 2.89. The normalized spacial score (nSPS) is 13.6. The Morgan fingerprint density at radius 1 is 0.667 bits per heavy atom. The molecule has 2 amide bonds. The van der Waals surface area contributed by atoms with Crippen LogP contribution in [-0.4, -0.2) is 72.1 Å². The Bertz CT molecular complexity index is 578. The van der Waals surface area contributed by atoms with Gasteiger partial charge in [-0.05, 0) is 6.42 Å². The van der Waals surface area contributed by atoms with Crippen molar-refractivity contribution in [2.24, 2.45) is 0 Å². The van der Waals surface area contributed by atoms with Crippen molar-refractivity contribution in [3.05, 3.63) is 0 Å². The molecule has 1 aliphatic heterocycles. The van der Waals surface area contributed by atoms with Crippen LogP contribution in [0.5, 0.6) is 0 Å². The van der Waals surface area contributed by atoms with E-state index in [2.05, 4.69) is 6.92 Å². The number of ether oxygens (including phenoxy) is 1. The standard InChI is InChI=1S/C29H54N2O5/c1-2-3-4-5-6-7-8-9-10-11-12-13-14-15-16-17-21-30(27(32)18-19-29(34)35)22-20-28(33)31-23-25-36-26-24-31/h2-26H2,1H3,(H,34,35). The molecular formula is C29H54N2O5. The van der Waals surface area contributed by atoms with Gasteiger partial charge in [0.15, 0.2) is 0 Å². The number of carbonyl (C=O) groups is 3. The summed E-state index contributed by atoms with van der Waals surface area (Å²) in [4.78, 5) is 39.4. The molecule has 1 rings (SSSR count). The molecule has 0 saturated carbocycles. The van der Waals surface area contributed by atoms with E-state index in [0.29, 0.717) is 39.4 Å². The van der Waals surface area contributed by atoms with E-state index in [4.69, 9.17) is 9.84 Å². The highest BCUT2D eigenvalue weighted by atomic mass is 16.5. The molecule has 0 spiro atoms. The summed E-state index contributed by atoms with van der Waals surface area (Å²) < 4.78 is 5.29. The minimum Gasteiger partial charge on any atom is -0.481 e. The third-order valence-electron chi connectivity index (χ3n) is 7.15. The van der Waals surface area contributed by atoms with Gasteiger partial charge in [0.1, 0.15) is 0 Å². The van der Waals surface area contributed by atoms with E-state index in [1.165, 1.54) is 89.9 Å². The second-order valence-electron chi connectivity index (χ2n) is 10.3. The fourth-order valence-electron chi connectivity index (χ4n) is 4.79. The van der Waals surface area contributed by atoms with E-state index in [1.807, 2.05) is 0 Å². The van der Waals surface area contributed by atoms with Crippen LogP contribution in [0.1, 0.15) is 129 Å². The van der Waals surface area contributed by atoms with E-state index >= 15 is 0 Å². The summed E-state index contributed by atoms with van der Waals surface area (Å²) in [6.45, 7) is 5.57. The molecule has 0 aromatic heterocycles. The van der Waals surface area contributed by atoms with Gasteiger partial charge in [0, 0.05) is 39.0 Å². The molecule has 0 aliphatic carbocycles. The van der Waals surface area contributed by atoms with E-state index in [1.54, 1.807) is 9.80 Å². The highest BCUT2D eigenvalue weighted by molar-refractivity contribution is 5.82. The molecule has 0 bridgehead atoms. The van der Waals surface area contributed by atoms with Gasteiger partial charge in [-0.2, -0.15) is 0 Å². The number of nitrogens with zero attached hydrogens (tertiary/aromatic N) is 2. The Balaban J connectivity index is 2.10. The summed E-state index contributed by atoms with van der Waals surface area (Å²) in [5.74, 6) is -1.08. The molecule has 36 heavy (non-hydrogen) atoms. The number of amides is 2. The molecule has 0 aromatic rings. The predicted molar refractivity (Wildman–Crippen MR) is 145 cm³/mol. The molecule has 0 atom stereocenters. The van der Waals surface area contributed by atoms with Crippen molar-refractivity contribution in [3.63, 3.8) is 0 Å². The van der Waals surface area contributed by atoms with Crippen molar-refractivity contribution in [3.8, 4) is 0 Å². The van der Waals surface area contributed by atoms with Crippen molar-refractivity contribution < 1.29 is 24.2 Å². The van der Waals surface area contributed by atoms with Crippen LogP contribution in [0.15, 0.2) is 0 Å². The average molecular weight is 511 g/mol. The zero-order valence-electron chi connectivity index (χ0n) is 23.2. The predicted octanol–water partition coefficient (Wildman–Crippen LogP) is 6.19. The molecule has 7 heteroatoms. The lowest BCUT2D eigenvalue weighted by molar-refractivity contribution is -0.142. The monoisotopic (exact) mass is 510 g/mol. The number of hydrogen-bond acceptors (Lipinski definition) is 4. The summed E-state index contributed by atoms with van der Waals surface area (Å²) >= 11 is 0. The smallest absolute Gasteiger partial charge is 0.303 e. The fourth-order valence-corrected chi connectivity index (χ4v) is 4.79. The lowest BCUT2D eigenvalue weighted by Gasteiger charge is -2.28. The van der Waals surface area contributed by atoms with Crippen LogP contribution in [0.25, 0.3) is 0 Å². The Hall–Kier alpha value is -1.63. The molecule has 1 N–H and O–H groups in total. The third kappa shape index (κ3) is 17.7. The number of rotatable bonds is 23. The Labute approximate surface area is 220 Å². The number of aliphatic carboxylic acids is 1. The van der Waals surface area contributed by atoms with Crippen LogP contribution in [-0.2, 0) is 19.1 Å². The van der Waals surface area contributed by atoms with Crippen LogP contribution >= 0.6 is 0 Å². The number of hydrogen-bond donors (Lipinski definition) is 1. The SMILES string of the molecule is CCCCCCCCCCCCCCCCCCN(CCC(=O)N1CCOCC1)C(=O)CCC(=O)O. The molecule has 210 valence electrons. The van der Waals surface area contributed by atoms with Crippen molar-refractivity contribution in [2.75, 3.05) is 39.4 Å². The number of morpholine rings is 1. The van der Waals surface area contributed by atoms with Gasteiger partial charge in [0.25, 0.3) is 0 Å². The molecule has 1 aliphatic rings. The van der Waals surface area contributed by atoms with Gasteiger partial charge in [-0.3, -0.25) is 14.4 Å². The van der Waals surface area contributed by atoms with E-state index < -0.39 is 5.97 Å². The largest absolute Gasteiger partial charge is 0.481 e. The molecule has 1 heterocycles. The first-order chi connectivity index (χ1) is 17.5. The number of carboxylic acid groups (broad SMARTS) is 1. The quantitative estimate of drug-likeness (QED) is 0.166. The first kappa shape index (κ1) is 32.4. The molecule has 0 unspecified atom stereocenters. The van der Waals surface area contributed by atoms with Crippen LogP contribution in [0.2, 0.25) is 0 Å². The summed E-state index contributed by atoms with van der Waals surface area (Å²) in [6, 6.07) is 0. The Kier molecular flexibility index (Phi) is 20.3. The Morgan fingerprint density at radius 3 is 1.61 bits per heavy atom. The van der Waals surface area contributed by atoms with Crippen LogP contribution < -0.4 is 0 Å². The molecule has 7 nitrogen and oxygen atoms in total. The summed E-state index contributed by atoms with van der Waals surface area (Å²) in [6.07, 6.45) is 20.9. The molecular weight excluding hydrogens is 456 g/mol. The maximum Gasteiger partial charge on any atom is 0.303 e. The minimum absolute atomic E-state index is 0.0000642. The van der Waals surface area contributed by atoms with Crippen molar-refractivity contribution in [2.45, 2.75) is 129 Å². The topological polar surface area (TPSA) is 87.2 Å². The van der Waals surface area contributed by atoms with Gasteiger partial charge in [-0.15, -0.1) is 0 Å². The summed E-state index contributed by atoms with van der Waals surface area (Å²) in [5.41, 5.74) is 0. The number of carboxylic acids is 1. The van der Waals surface area contributed by atoms with Gasteiger partial charge >= 0.3 is 5.97 Å².